The lowest BCUT2D eigenvalue weighted by Gasteiger charge is -2.35. The number of aromatic hydroxyl groups is 1. The lowest BCUT2D eigenvalue weighted by Crippen LogP contribution is -2.44. The van der Waals surface area contributed by atoms with Gasteiger partial charge >= 0.3 is 0 Å². The Kier molecular flexibility index (Phi) is 5.25. The number of pyridine rings is 1. The highest BCUT2D eigenvalue weighted by Gasteiger charge is 2.21. The molecular weight excluding hydrogens is 408 g/mol. The van der Waals surface area contributed by atoms with Crippen molar-refractivity contribution in [2.24, 2.45) is 7.05 Å². The minimum atomic E-state index is 0.267. The van der Waals surface area contributed by atoms with Crippen LogP contribution in [0.2, 0.25) is 0 Å². The van der Waals surface area contributed by atoms with Gasteiger partial charge in [-0.05, 0) is 30.9 Å². The number of fused-ring (bicyclic) bond motifs is 1. The second-order valence-corrected chi connectivity index (χ2v) is 8.77. The Balaban J connectivity index is 1.54. The van der Waals surface area contributed by atoms with Gasteiger partial charge in [0.15, 0.2) is 11.0 Å². The summed E-state index contributed by atoms with van der Waals surface area (Å²) >= 11 is 1.43. The van der Waals surface area contributed by atoms with Crippen LogP contribution >= 0.6 is 11.8 Å². The normalized spacial score (nSPS) is 15.0. The van der Waals surface area contributed by atoms with Crippen molar-refractivity contribution in [1.29, 1.82) is 0 Å². The van der Waals surface area contributed by atoms with Gasteiger partial charge in [-0.2, -0.15) is 0 Å². The molecule has 2 aromatic heterocycles. The van der Waals surface area contributed by atoms with E-state index in [1.54, 1.807) is 12.4 Å². The maximum atomic E-state index is 11.0. The Labute approximate surface area is 185 Å². The van der Waals surface area contributed by atoms with E-state index >= 15 is 0 Å². The summed E-state index contributed by atoms with van der Waals surface area (Å²) in [4.78, 5) is 9.66. The van der Waals surface area contributed by atoms with Crippen LogP contribution in [0.25, 0.3) is 22.2 Å². The maximum absolute atomic E-state index is 11.0. The molecule has 1 aliphatic heterocycles. The molecule has 0 spiro atoms. The summed E-state index contributed by atoms with van der Waals surface area (Å²) in [6, 6.07) is 14.0. The van der Waals surface area contributed by atoms with Crippen molar-refractivity contribution in [2.75, 3.05) is 38.1 Å². The average molecular weight is 433 g/mol. The van der Waals surface area contributed by atoms with Gasteiger partial charge in [-0.3, -0.25) is 4.98 Å². The smallest absolute Gasteiger partial charge is 0.196 e. The third kappa shape index (κ3) is 3.73. The van der Waals surface area contributed by atoms with Crippen molar-refractivity contribution < 1.29 is 5.11 Å². The second-order valence-electron chi connectivity index (χ2n) is 7.79. The number of hydrogen-bond acceptors (Lipinski definition) is 7. The van der Waals surface area contributed by atoms with Crippen LogP contribution in [0.4, 0.5) is 5.69 Å². The fourth-order valence-corrected chi connectivity index (χ4v) is 4.91. The molecule has 2 aromatic carbocycles. The van der Waals surface area contributed by atoms with E-state index < -0.39 is 0 Å². The zero-order chi connectivity index (χ0) is 21.4. The molecule has 1 aliphatic rings. The monoisotopic (exact) mass is 432 g/mol. The predicted octanol–water partition coefficient (Wildman–Crippen LogP) is 3.64. The summed E-state index contributed by atoms with van der Waals surface area (Å²) in [6.45, 7) is 3.93. The first-order valence-electron chi connectivity index (χ1n) is 10.3. The Hall–Kier alpha value is -3.10. The molecule has 1 fully saturated rings. The Morgan fingerprint density at radius 2 is 1.71 bits per heavy atom. The molecule has 31 heavy (non-hydrogen) atoms. The van der Waals surface area contributed by atoms with Gasteiger partial charge in [0.25, 0.3) is 0 Å². The van der Waals surface area contributed by atoms with E-state index in [4.69, 9.17) is 0 Å². The van der Waals surface area contributed by atoms with Gasteiger partial charge in [-0.1, -0.05) is 24.3 Å². The number of benzene rings is 2. The summed E-state index contributed by atoms with van der Waals surface area (Å²) in [5, 5.41) is 22.6. The van der Waals surface area contributed by atoms with Gasteiger partial charge in [0.05, 0.1) is 4.90 Å². The molecule has 5 rings (SSSR count). The highest BCUT2D eigenvalue weighted by atomic mass is 32.2. The molecule has 0 saturated carbocycles. The number of phenols is 1. The van der Waals surface area contributed by atoms with E-state index in [1.807, 2.05) is 35.9 Å². The Morgan fingerprint density at radius 1 is 0.935 bits per heavy atom. The maximum Gasteiger partial charge on any atom is 0.196 e. The zero-order valence-electron chi connectivity index (χ0n) is 17.6. The van der Waals surface area contributed by atoms with Crippen LogP contribution in [0.15, 0.2) is 64.9 Å². The minimum absolute atomic E-state index is 0.267. The first-order chi connectivity index (χ1) is 15.1. The van der Waals surface area contributed by atoms with Crippen LogP contribution < -0.4 is 4.90 Å². The standard InChI is InChI=1S/C23H24N6OS/c1-27-10-12-29(13-11-27)19-14-20(30)21(18-8-4-3-7-17(18)19)31-23-26-25-22(28(23)2)16-6-5-9-24-15-16/h3-9,14-15,30H,10-13H2,1-2H3. The number of hydrogen-bond donors (Lipinski definition) is 1. The summed E-state index contributed by atoms with van der Waals surface area (Å²) in [7, 11) is 4.08. The van der Waals surface area contributed by atoms with Gasteiger partial charge in [0.1, 0.15) is 5.75 Å². The molecule has 0 unspecified atom stereocenters. The molecule has 0 atom stereocenters. The molecule has 0 radical (unpaired) electrons. The van der Waals surface area contributed by atoms with Crippen molar-refractivity contribution in [3.63, 3.8) is 0 Å². The minimum Gasteiger partial charge on any atom is -0.507 e. The molecular formula is C23H24N6OS. The highest BCUT2D eigenvalue weighted by molar-refractivity contribution is 7.99. The van der Waals surface area contributed by atoms with Gasteiger partial charge in [-0.25, -0.2) is 0 Å². The van der Waals surface area contributed by atoms with E-state index in [0.717, 1.165) is 58.9 Å². The zero-order valence-corrected chi connectivity index (χ0v) is 18.4. The van der Waals surface area contributed by atoms with Crippen LogP contribution in [0.1, 0.15) is 0 Å². The van der Waals surface area contributed by atoms with Crippen molar-refractivity contribution in [1.82, 2.24) is 24.6 Å². The molecule has 0 aliphatic carbocycles. The lowest BCUT2D eigenvalue weighted by molar-refractivity contribution is 0.313. The second kappa shape index (κ2) is 8.20. The molecule has 1 N–H and O–H groups in total. The first-order valence-corrected chi connectivity index (χ1v) is 11.1. The number of phenolic OH excluding ortho intramolecular Hbond substituents is 1. The number of anilines is 1. The van der Waals surface area contributed by atoms with Crippen molar-refractivity contribution in [3.8, 4) is 17.1 Å². The molecule has 3 heterocycles. The third-order valence-corrected chi connectivity index (χ3v) is 6.92. The summed E-state index contributed by atoms with van der Waals surface area (Å²) in [6.07, 6.45) is 3.51. The lowest BCUT2D eigenvalue weighted by atomic mass is 10.1. The fourth-order valence-electron chi connectivity index (χ4n) is 3.97. The SMILES string of the molecule is CN1CCN(c2cc(O)c(Sc3nnc(-c4cccnc4)n3C)c3ccccc23)CC1. The summed E-state index contributed by atoms with van der Waals surface area (Å²) in [5.41, 5.74) is 1.99. The van der Waals surface area contributed by atoms with E-state index in [0.29, 0.717) is 5.16 Å². The van der Waals surface area contributed by atoms with Gasteiger partial charge in [0.2, 0.25) is 0 Å². The summed E-state index contributed by atoms with van der Waals surface area (Å²) in [5.74, 6) is 1.01. The van der Waals surface area contributed by atoms with Crippen LogP contribution in [0.3, 0.4) is 0 Å². The summed E-state index contributed by atoms with van der Waals surface area (Å²) < 4.78 is 1.93. The van der Waals surface area contributed by atoms with Crippen LogP contribution in [-0.4, -0.2) is 63.0 Å². The Morgan fingerprint density at radius 3 is 2.45 bits per heavy atom. The highest BCUT2D eigenvalue weighted by Crippen LogP contribution is 2.44. The molecule has 4 aromatic rings. The Bertz CT molecular complexity index is 1220. The van der Waals surface area contributed by atoms with Crippen molar-refractivity contribution in [3.05, 3.63) is 54.9 Å². The van der Waals surface area contributed by atoms with Crippen molar-refractivity contribution in [2.45, 2.75) is 10.1 Å². The van der Waals surface area contributed by atoms with E-state index in [2.05, 4.69) is 50.2 Å². The number of piperazine rings is 1. The third-order valence-electron chi connectivity index (χ3n) is 5.75. The number of likely N-dealkylation sites (N-methyl/N-ethyl adjacent to an activating group) is 1. The average Bonchev–Trinajstić information content (AvgIpc) is 3.17. The van der Waals surface area contributed by atoms with Gasteiger partial charge < -0.3 is 19.5 Å². The van der Waals surface area contributed by atoms with Gasteiger partial charge in [0, 0.05) is 73.7 Å². The number of rotatable bonds is 4. The fraction of sp³-hybridized carbons (Fsp3) is 0.261. The van der Waals surface area contributed by atoms with Crippen molar-refractivity contribution >= 4 is 28.2 Å². The van der Waals surface area contributed by atoms with Gasteiger partial charge in [-0.15, -0.1) is 10.2 Å². The van der Waals surface area contributed by atoms with E-state index in [-0.39, 0.29) is 5.75 Å². The number of aromatic nitrogens is 4. The van der Waals surface area contributed by atoms with Crippen LogP contribution in [0, 0.1) is 0 Å². The topological polar surface area (TPSA) is 70.3 Å². The van der Waals surface area contributed by atoms with Crippen LogP contribution in [0.5, 0.6) is 5.75 Å². The van der Waals surface area contributed by atoms with Crippen LogP contribution in [-0.2, 0) is 7.05 Å². The van der Waals surface area contributed by atoms with E-state index in [9.17, 15) is 5.11 Å². The quantitative estimate of drug-likeness (QED) is 0.528. The molecule has 0 amide bonds. The molecule has 158 valence electrons. The number of nitrogens with zero attached hydrogens (tertiary/aromatic N) is 6. The predicted molar refractivity (Wildman–Crippen MR) is 124 cm³/mol. The molecule has 1 saturated heterocycles. The largest absolute Gasteiger partial charge is 0.507 e. The molecule has 0 bridgehead atoms. The molecule has 7 nitrogen and oxygen atoms in total. The first kappa shape index (κ1) is 19.8. The molecule has 8 heteroatoms. The van der Waals surface area contributed by atoms with E-state index in [1.165, 1.54) is 11.8 Å².